The smallest absolute Gasteiger partial charge is 0.272 e. The van der Waals surface area contributed by atoms with E-state index in [1.165, 1.54) is 6.07 Å². The largest absolute Gasteiger partial charge is 0.346 e. The maximum Gasteiger partial charge on any atom is 0.272 e. The summed E-state index contributed by atoms with van der Waals surface area (Å²) in [6, 6.07) is 10.6. The van der Waals surface area contributed by atoms with Gasteiger partial charge in [-0.3, -0.25) is 14.2 Å². The number of carbonyl (C=O) groups is 1. The Morgan fingerprint density at radius 1 is 1.03 bits per heavy atom. The van der Waals surface area contributed by atoms with Crippen LogP contribution in [0.1, 0.15) is 36.8 Å². The molecule has 0 unspecified atom stereocenters. The van der Waals surface area contributed by atoms with Crippen LogP contribution in [-0.2, 0) is 19.1 Å². The van der Waals surface area contributed by atoms with Gasteiger partial charge in [-0.05, 0) is 50.6 Å². The number of pyridine rings is 1. The number of rotatable bonds is 5. The Labute approximate surface area is 202 Å². The predicted molar refractivity (Wildman–Crippen MR) is 131 cm³/mol. The average molecular weight is 472 g/mol. The Morgan fingerprint density at radius 3 is 2.54 bits per heavy atom. The lowest BCUT2D eigenvalue weighted by atomic mass is 10.00. The zero-order valence-electron chi connectivity index (χ0n) is 20.0. The number of aromatic nitrogens is 6. The summed E-state index contributed by atoms with van der Waals surface area (Å²) in [5, 5.41) is 15.7. The van der Waals surface area contributed by atoms with Crippen LogP contribution in [0.5, 0.6) is 0 Å². The molecule has 0 bridgehead atoms. The van der Waals surface area contributed by atoms with Gasteiger partial charge in [-0.25, -0.2) is 8.91 Å². The Bertz CT molecular complexity index is 1540. The molecule has 0 aliphatic carbocycles. The van der Waals surface area contributed by atoms with E-state index in [2.05, 4.69) is 20.6 Å². The van der Waals surface area contributed by atoms with E-state index in [9.17, 15) is 4.79 Å². The van der Waals surface area contributed by atoms with Gasteiger partial charge >= 0.3 is 0 Å². The van der Waals surface area contributed by atoms with Crippen LogP contribution in [-0.4, -0.2) is 35.1 Å². The highest BCUT2D eigenvalue weighted by Crippen LogP contribution is 2.31. The van der Waals surface area contributed by atoms with Crippen molar-refractivity contribution < 1.29 is 9.18 Å². The van der Waals surface area contributed by atoms with E-state index in [1.54, 1.807) is 44.6 Å². The molecule has 0 aliphatic heterocycles. The van der Waals surface area contributed by atoms with E-state index in [-0.39, 0.29) is 18.0 Å². The molecule has 35 heavy (non-hydrogen) atoms. The van der Waals surface area contributed by atoms with E-state index in [4.69, 9.17) is 0 Å². The molecule has 1 amide bonds. The summed E-state index contributed by atoms with van der Waals surface area (Å²) in [4.78, 5) is 12.5. The molecule has 0 fully saturated rings. The normalized spacial score (nSPS) is 11.8. The standard InChI is InChI=1S/C26H26FN7O/c1-26(2,3)34-10-8-23(31-34)25(35)28-13-18-6-5-17(12-22(18)27)21-11-19(20-14-30-32(4)15-20)16-33-24(21)7-9-29-33/h5-12,14-16H,13H2,1-4H3,(H,28,35). The lowest BCUT2D eigenvalue weighted by Crippen LogP contribution is -2.26. The highest BCUT2D eigenvalue weighted by Gasteiger charge is 2.18. The highest BCUT2D eigenvalue weighted by atomic mass is 19.1. The van der Waals surface area contributed by atoms with Crippen molar-refractivity contribution in [1.82, 2.24) is 34.5 Å². The molecule has 0 saturated heterocycles. The second-order valence-corrected chi connectivity index (χ2v) is 9.51. The van der Waals surface area contributed by atoms with E-state index >= 15 is 4.39 Å². The van der Waals surface area contributed by atoms with Crippen LogP contribution in [0, 0.1) is 5.82 Å². The highest BCUT2D eigenvalue weighted by molar-refractivity contribution is 5.92. The van der Waals surface area contributed by atoms with Gasteiger partial charge in [0, 0.05) is 60.6 Å². The van der Waals surface area contributed by atoms with Crippen LogP contribution in [0.3, 0.4) is 0 Å². The zero-order chi connectivity index (χ0) is 24.7. The minimum absolute atomic E-state index is 0.0607. The zero-order valence-corrected chi connectivity index (χ0v) is 20.0. The molecule has 0 aliphatic rings. The third-order valence-corrected chi connectivity index (χ3v) is 5.86. The maximum absolute atomic E-state index is 15.1. The molecule has 5 rings (SSSR count). The van der Waals surface area contributed by atoms with Crippen molar-refractivity contribution in [3.63, 3.8) is 0 Å². The first-order valence-corrected chi connectivity index (χ1v) is 11.3. The molecule has 0 radical (unpaired) electrons. The average Bonchev–Trinajstić information content (AvgIpc) is 3.57. The summed E-state index contributed by atoms with van der Waals surface area (Å²) in [5.41, 5.74) is 4.78. The molecule has 0 spiro atoms. The Balaban J connectivity index is 1.39. The summed E-state index contributed by atoms with van der Waals surface area (Å²) >= 11 is 0. The minimum atomic E-state index is -0.396. The van der Waals surface area contributed by atoms with Crippen LogP contribution >= 0.6 is 0 Å². The number of nitrogens with one attached hydrogen (secondary N) is 1. The number of nitrogens with zero attached hydrogens (tertiary/aromatic N) is 6. The summed E-state index contributed by atoms with van der Waals surface area (Å²) in [7, 11) is 1.86. The summed E-state index contributed by atoms with van der Waals surface area (Å²) in [6.45, 7) is 6.07. The molecule has 8 nitrogen and oxygen atoms in total. The van der Waals surface area contributed by atoms with Gasteiger partial charge in [0.05, 0.1) is 17.3 Å². The van der Waals surface area contributed by atoms with Crippen molar-refractivity contribution in [1.29, 1.82) is 0 Å². The lowest BCUT2D eigenvalue weighted by Gasteiger charge is -2.18. The fourth-order valence-electron chi connectivity index (χ4n) is 3.93. The van der Waals surface area contributed by atoms with E-state index in [0.29, 0.717) is 11.3 Å². The molecule has 4 aromatic heterocycles. The molecule has 1 N–H and O–H groups in total. The second-order valence-electron chi connectivity index (χ2n) is 9.51. The van der Waals surface area contributed by atoms with Crippen molar-refractivity contribution >= 4 is 11.4 Å². The molecule has 4 heterocycles. The molecular formula is C26H26FN7O. The summed E-state index contributed by atoms with van der Waals surface area (Å²) in [6.07, 6.45) is 9.11. The molecule has 178 valence electrons. The number of hydrogen-bond donors (Lipinski definition) is 1. The number of halogens is 1. The second kappa shape index (κ2) is 8.50. The molecular weight excluding hydrogens is 445 g/mol. The van der Waals surface area contributed by atoms with Gasteiger partial charge in [0.25, 0.3) is 5.91 Å². The summed E-state index contributed by atoms with van der Waals surface area (Å²) in [5.74, 6) is -0.742. The molecule has 9 heteroatoms. The number of amides is 1. The Morgan fingerprint density at radius 2 is 1.86 bits per heavy atom. The molecule has 1 aromatic carbocycles. The molecule has 5 aromatic rings. The Hall–Kier alpha value is -4.27. The van der Waals surface area contributed by atoms with Crippen molar-refractivity contribution in [2.75, 3.05) is 0 Å². The van der Waals surface area contributed by atoms with Gasteiger partial charge in [0.15, 0.2) is 0 Å². The first-order chi connectivity index (χ1) is 16.7. The van der Waals surface area contributed by atoms with Crippen molar-refractivity contribution in [2.45, 2.75) is 32.9 Å². The van der Waals surface area contributed by atoms with Gasteiger partial charge in [0.1, 0.15) is 11.5 Å². The third-order valence-electron chi connectivity index (χ3n) is 5.86. The van der Waals surface area contributed by atoms with Crippen LogP contribution in [0.25, 0.3) is 27.8 Å². The first-order valence-electron chi connectivity index (χ1n) is 11.3. The number of carbonyl (C=O) groups excluding carboxylic acids is 1. The number of aryl methyl sites for hydroxylation is 1. The van der Waals surface area contributed by atoms with Gasteiger partial charge < -0.3 is 5.32 Å². The van der Waals surface area contributed by atoms with E-state index in [0.717, 1.165) is 27.8 Å². The van der Waals surface area contributed by atoms with Crippen LogP contribution < -0.4 is 5.32 Å². The number of benzene rings is 1. The minimum Gasteiger partial charge on any atom is -0.346 e. The van der Waals surface area contributed by atoms with Gasteiger partial charge in [-0.15, -0.1) is 0 Å². The van der Waals surface area contributed by atoms with Crippen molar-refractivity contribution in [3.05, 3.63) is 84.5 Å². The third kappa shape index (κ3) is 4.44. The topological polar surface area (TPSA) is 82.0 Å². The van der Waals surface area contributed by atoms with Crippen LogP contribution in [0.4, 0.5) is 4.39 Å². The van der Waals surface area contributed by atoms with E-state index < -0.39 is 5.82 Å². The number of fused-ring (bicyclic) bond motifs is 1. The fourth-order valence-corrected chi connectivity index (χ4v) is 3.93. The maximum atomic E-state index is 15.1. The van der Waals surface area contributed by atoms with E-state index in [1.807, 2.05) is 58.4 Å². The fraction of sp³-hybridized carbons (Fsp3) is 0.231. The van der Waals surface area contributed by atoms with Gasteiger partial charge in [-0.2, -0.15) is 15.3 Å². The number of hydrogen-bond acceptors (Lipinski definition) is 4. The van der Waals surface area contributed by atoms with Gasteiger partial charge in [-0.1, -0.05) is 12.1 Å². The SMILES string of the molecule is Cn1cc(-c2cc(-c3ccc(CNC(=O)c4ccn(C(C)(C)C)n4)c(F)c3)c3ccnn3c2)cn1. The quantitative estimate of drug-likeness (QED) is 0.411. The predicted octanol–water partition coefficient (Wildman–Crippen LogP) is 4.42. The van der Waals surface area contributed by atoms with Crippen LogP contribution in [0.15, 0.2) is 67.4 Å². The van der Waals surface area contributed by atoms with Crippen molar-refractivity contribution in [3.8, 4) is 22.3 Å². The molecule has 0 saturated carbocycles. The lowest BCUT2D eigenvalue weighted by molar-refractivity contribution is 0.0944. The van der Waals surface area contributed by atoms with Gasteiger partial charge in [0.2, 0.25) is 0 Å². The molecule has 0 atom stereocenters. The monoisotopic (exact) mass is 471 g/mol. The Kier molecular flexibility index (Phi) is 5.47. The van der Waals surface area contributed by atoms with Crippen molar-refractivity contribution in [2.24, 2.45) is 7.05 Å². The first kappa shape index (κ1) is 22.5. The van der Waals surface area contributed by atoms with Crippen LogP contribution in [0.2, 0.25) is 0 Å². The summed E-state index contributed by atoms with van der Waals surface area (Å²) < 4.78 is 20.3.